The molecule has 1 heterocycles. The lowest BCUT2D eigenvalue weighted by Crippen LogP contribution is -2.11. The van der Waals surface area contributed by atoms with Crippen molar-refractivity contribution < 1.29 is 13.9 Å². The molecule has 1 aromatic heterocycles. The summed E-state index contributed by atoms with van der Waals surface area (Å²) < 4.78 is 25.1. The number of aromatic nitrogens is 1. The molecule has 0 spiro atoms. The standard InChI is InChI=1S/C17H20FNO2/c1-3-20-17(21-4-2)15-8-6-5-7-13(15)11-14-9-10-19-12-16(14)18/h5-10,12,17H,3-4,11H2,1-2H3. The SMILES string of the molecule is CCOC(OCC)c1ccccc1Cc1ccncc1F. The third-order valence-electron chi connectivity index (χ3n) is 3.18. The summed E-state index contributed by atoms with van der Waals surface area (Å²) in [4.78, 5) is 3.78. The lowest BCUT2D eigenvalue weighted by atomic mass is 9.99. The smallest absolute Gasteiger partial charge is 0.184 e. The fourth-order valence-corrected chi connectivity index (χ4v) is 2.21. The molecule has 0 aliphatic carbocycles. The summed E-state index contributed by atoms with van der Waals surface area (Å²) in [5.41, 5.74) is 2.55. The van der Waals surface area contributed by atoms with E-state index in [9.17, 15) is 4.39 Å². The lowest BCUT2D eigenvalue weighted by molar-refractivity contribution is -0.140. The van der Waals surface area contributed by atoms with Crippen LogP contribution in [0.3, 0.4) is 0 Å². The quantitative estimate of drug-likeness (QED) is 0.725. The van der Waals surface area contributed by atoms with Crippen LogP contribution in [0.5, 0.6) is 0 Å². The molecule has 2 aromatic rings. The van der Waals surface area contributed by atoms with Crippen LogP contribution in [0.1, 0.15) is 36.8 Å². The van der Waals surface area contributed by atoms with Gasteiger partial charge in [-0.2, -0.15) is 0 Å². The van der Waals surface area contributed by atoms with Crippen LogP contribution in [0.15, 0.2) is 42.7 Å². The van der Waals surface area contributed by atoms with E-state index in [-0.39, 0.29) is 5.82 Å². The molecular weight excluding hydrogens is 269 g/mol. The summed E-state index contributed by atoms with van der Waals surface area (Å²) in [6.45, 7) is 4.97. The summed E-state index contributed by atoms with van der Waals surface area (Å²) in [7, 11) is 0. The second kappa shape index (κ2) is 7.86. The monoisotopic (exact) mass is 289 g/mol. The Labute approximate surface area is 124 Å². The number of halogens is 1. The molecule has 0 bridgehead atoms. The minimum absolute atomic E-state index is 0.295. The zero-order valence-corrected chi connectivity index (χ0v) is 12.4. The minimum atomic E-state index is -0.416. The fourth-order valence-electron chi connectivity index (χ4n) is 2.21. The van der Waals surface area contributed by atoms with Gasteiger partial charge >= 0.3 is 0 Å². The van der Waals surface area contributed by atoms with E-state index < -0.39 is 6.29 Å². The Morgan fingerprint density at radius 1 is 1.05 bits per heavy atom. The Morgan fingerprint density at radius 3 is 2.43 bits per heavy atom. The van der Waals surface area contributed by atoms with E-state index in [1.807, 2.05) is 38.1 Å². The average Bonchev–Trinajstić information content (AvgIpc) is 2.50. The van der Waals surface area contributed by atoms with Gasteiger partial charge < -0.3 is 9.47 Å². The summed E-state index contributed by atoms with van der Waals surface area (Å²) >= 11 is 0. The number of benzene rings is 1. The molecule has 0 amide bonds. The average molecular weight is 289 g/mol. The molecular formula is C17H20FNO2. The van der Waals surface area contributed by atoms with Crippen molar-refractivity contribution in [3.63, 3.8) is 0 Å². The molecule has 21 heavy (non-hydrogen) atoms. The van der Waals surface area contributed by atoms with E-state index in [4.69, 9.17) is 9.47 Å². The molecule has 4 heteroatoms. The maximum atomic E-state index is 13.8. The largest absolute Gasteiger partial charge is 0.349 e. The first kappa shape index (κ1) is 15.6. The maximum Gasteiger partial charge on any atom is 0.184 e. The first-order valence-electron chi connectivity index (χ1n) is 7.15. The van der Waals surface area contributed by atoms with Gasteiger partial charge in [0, 0.05) is 31.4 Å². The van der Waals surface area contributed by atoms with Crippen LogP contribution in [0.2, 0.25) is 0 Å². The van der Waals surface area contributed by atoms with Gasteiger partial charge in [0.15, 0.2) is 6.29 Å². The third kappa shape index (κ3) is 4.09. The second-order valence-electron chi connectivity index (χ2n) is 4.59. The second-order valence-corrected chi connectivity index (χ2v) is 4.59. The predicted molar refractivity (Wildman–Crippen MR) is 79.4 cm³/mol. The fraction of sp³-hybridized carbons (Fsp3) is 0.353. The van der Waals surface area contributed by atoms with E-state index in [1.165, 1.54) is 6.20 Å². The first-order valence-corrected chi connectivity index (χ1v) is 7.15. The molecule has 1 aromatic carbocycles. The van der Waals surface area contributed by atoms with E-state index >= 15 is 0 Å². The maximum absolute atomic E-state index is 13.8. The van der Waals surface area contributed by atoms with Crippen LogP contribution in [0.25, 0.3) is 0 Å². The first-order chi connectivity index (χ1) is 10.3. The predicted octanol–water partition coefficient (Wildman–Crippen LogP) is 3.88. The summed E-state index contributed by atoms with van der Waals surface area (Å²) in [6, 6.07) is 9.51. The van der Waals surface area contributed by atoms with Crippen LogP contribution < -0.4 is 0 Å². The van der Waals surface area contributed by atoms with Crippen LogP contribution in [-0.4, -0.2) is 18.2 Å². The summed E-state index contributed by atoms with van der Waals surface area (Å²) in [5, 5.41) is 0. The Balaban J connectivity index is 2.29. The van der Waals surface area contributed by atoms with Gasteiger partial charge in [0.05, 0.1) is 6.20 Å². The van der Waals surface area contributed by atoms with Gasteiger partial charge in [-0.15, -0.1) is 0 Å². The zero-order chi connectivity index (χ0) is 15.1. The Morgan fingerprint density at radius 2 is 1.76 bits per heavy atom. The molecule has 0 aliphatic heterocycles. The summed E-state index contributed by atoms with van der Waals surface area (Å²) in [6.07, 6.45) is 2.91. The van der Waals surface area contributed by atoms with Crippen molar-refractivity contribution in [2.24, 2.45) is 0 Å². The number of hydrogen-bond donors (Lipinski definition) is 0. The molecule has 0 unspecified atom stereocenters. The van der Waals surface area contributed by atoms with Gasteiger partial charge in [0.2, 0.25) is 0 Å². The molecule has 112 valence electrons. The van der Waals surface area contributed by atoms with E-state index in [0.29, 0.717) is 25.2 Å². The zero-order valence-electron chi connectivity index (χ0n) is 12.4. The molecule has 2 rings (SSSR count). The van der Waals surface area contributed by atoms with Gasteiger partial charge in [-0.05, 0) is 31.0 Å². The number of ether oxygens (including phenoxy) is 2. The van der Waals surface area contributed by atoms with Crippen LogP contribution >= 0.6 is 0 Å². The van der Waals surface area contributed by atoms with Crippen molar-refractivity contribution in [2.75, 3.05) is 13.2 Å². The summed E-state index contributed by atoms with van der Waals surface area (Å²) in [5.74, 6) is -0.295. The Hall–Kier alpha value is -1.78. The van der Waals surface area contributed by atoms with E-state index in [0.717, 1.165) is 11.1 Å². The molecule has 0 atom stereocenters. The van der Waals surface area contributed by atoms with Gasteiger partial charge in [-0.3, -0.25) is 4.98 Å². The molecule has 0 saturated carbocycles. The normalized spacial score (nSPS) is 11.0. The van der Waals surface area contributed by atoms with Gasteiger partial charge in [-0.1, -0.05) is 24.3 Å². The van der Waals surface area contributed by atoms with Crippen LogP contribution in [-0.2, 0) is 15.9 Å². The number of rotatable bonds is 7. The topological polar surface area (TPSA) is 31.4 Å². The molecule has 0 radical (unpaired) electrons. The number of pyridine rings is 1. The highest BCUT2D eigenvalue weighted by atomic mass is 19.1. The van der Waals surface area contributed by atoms with Crippen LogP contribution in [0.4, 0.5) is 4.39 Å². The van der Waals surface area contributed by atoms with Crippen molar-refractivity contribution in [2.45, 2.75) is 26.6 Å². The minimum Gasteiger partial charge on any atom is -0.349 e. The van der Waals surface area contributed by atoms with Crippen molar-refractivity contribution in [1.29, 1.82) is 0 Å². The van der Waals surface area contributed by atoms with Gasteiger partial charge in [-0.25, -0.2) is 4.39 Å². The molecule has 0 saturated heterocycles. The van der Waals surface area contributed by atoms with E-state index in [2.05, 4.69) is 4.98 Å². The molecule has 0 aliphatic rings. The van der Waals surface area contributed by atoms with E-state index in [1.54, 1.807) is 12.3 Å². The third-order valence-corrected chi connectivity index (χ3v) is 3.18. The number of nitrogens with zero attached hydrogens (tertiary/aromatic N) is 1. The van der Waals surface area contributed by atoms with Crippen molar-refractivity contribution in [3.05, 3.63) is 65.2 Å². The molecule has 3 nitrogen and oxygen atoms in total. The Bertz CT molecular complexity index is 568. The van der Waals surface area contributed by atoms with Crippen LogP contribution in [0, 0.1) is 5.82 Å². The molecule has 0 N–H and O–H groups in total. The Kier molecular flexibility index (Phi) is 5.84. The highest BCUT2D eigenvalue weighted by molar-refractivity contribution is 5.33. The highest BCUT2D eigenvalue weighted by Crippen LogP contribution is 2.25. The van der Waals surface area contributed by atoms with Crippen molar-refractivity contribution in [3.8, 4) is 0 Å². The van der Waals surface area contributed by atoms with Gasteiger partial charge in [0.1, 0.15) is 5.82 Å². The number of hydrogen-bond acceptors (Lipinski definition) is 3. The highest BCUT2D eigenvalue weighted by Gasteiger charge is 2.16. The van der Waals surface area contributed by atoms with Crippen molar-refractivity contribution >= 4 is 0 Å². The lowest BCUT2D eigenvalue weighted by Gasteiger charge is -2.20. The van der Waals surface area contributed by atoms with Gasteiger partial charge in [0.25, 0.3) is 0 Å². The van der Waals surface area contributed by atoms with Crippen molar-refractivity contribution in [1.82, 2.24) is 4.98 Å². The molecule has 0 fully saturated rings.